The summed E-state index contributed by atoms with van der Waals surface area (Å²) in [4.78, 5) is 31.3. The second kappa shape index (κ2) is 16.3. The lowest BCUT2D eigenvalue weighted by atomic mass is 10.0. The Labute approximate surface area is 280 Å². The van der Waals surface area contributed by atoms with Gasteiger partial charge in [-0.1, -0.05) is 33.1 Å². The molecule has 3 heterocycles. The van der Waals surface area contributed by atoms with Crippen LogP contribution in [-0.4, -0.2) is 55.5 Å². The number of hydrogen-bond donors (Lipinski definition) is 3. The summed E-state index contributed by atoms with van der Waals surface area (Å²) >= 11 is 0. The Hall–Kier alpha value is -3.93. The molecule has 1 aromatic heterocycles. The zero-order chi connectivity index (χ0) is 33.2. The van der Waals surface area contributed by atoms with E-state index in [0.717, 1.165) is 82.4 Å². The monoisotopic (exact) mass is 662 g/mol. The molecule has 3 N–H and O–H groups in total. The standard InChI is InChI=1S/C35H50N8O3S/c1-26(2)13-7-4-8-14-32(44)36-28-15-18-30(19-16-28)47(45,46)41-31-20-17-29(25-27(31)3)37-33-38-34(42-21-9-5-10-22-42)40-35(39-33)43-23-11-6-12-24-43/h15-20,25-26,41H,4-14,21-24H2,1-3H3,(H,36,44)(H,37,38,39,40). The fraction of sp³-hybridized carbons (Fsp3) is 0.543. The first-order chi connectivity index (χ1) is 22.7. The molecule has 11 nitrogen and oxygen atoms in total. The van der Waals surface area contributed by atoms with Gasteiger partial charge in [0.15, 0.2) is 0 Å². The van der Waals surface area contributed by atoms with Crippen LogP contribution in [0.15, 0.2) is 47.4 Å². The zero-order valence-electron chi connectivity index (χ0n) is 28.1. The van der Waals surface area contributed by atoms with E-state index in [4.69, 9.17) is 15.0 Å². The Bertz CT molecular complexity index is 1550. The highest BCUT2D eigenvalue weighted by Crippen LogP contribution is 2.27. The zero-order valence-corrected chi connectivity index (χ0v) is 28.9. The second-order valence-corrected chi connectivity index (χ2v) is 14.9. The number of amides is 1. The summed E-state index contributed by atoms with van der Waals surface area (Å²) < 4.78 is 29.2. The van der Waals surface area contributed by atoms with Crippen molar-refractivity contribution in [3.05, 3.63) is 48.0 Å². The van der Waals surface area contributed by atoms with Crippen molar-refractivity contribution < 1.29 is 13.2 Å². The van der Waals surface area contributed by atoms with Crippen LogP contribution in [0.1, 0.15) is 90.0 Å². The Morgan fingerprint density at radius 3 is 1.96 bits per heavy atom. The number of carbonyl (C=O) groups is 1. The maximum Gasteiger partial charge on any atom is 0.261 e. The summed E-state index contributed by atoms with van der Waals surface area (Å²) in [5.74, 6) is 2.50. The highest BCUT2D eigenvalue weighted by atomic mass is 32.2. The van der Waals surface area contributed by atoms with E-state index in [0.29, 0.717) is 41.6 Å². The van der Waals surface area contributed by atoms with Crippen molar-refractivity contribution in [3.63, 3.8) is 0 Å². The molecule has 1 amide bonds. The van der Waals surface area contributed by atoms with Gasteiger partial charge < -0.3 is 20.4 Å². The lowest BCUT2D eigenvalue weighted by Gasteiger charge is -2.30. The molecular weight excluding hydrogens is 613 g/mol. The van der Waals surface area contributed by atoms with Gasteiger partial charge >= 0.3 is 0 Å². The maximum atomic E-state index is 13.2. The summed E-state index contributed by atoms with van der Waals surface area (Å²) in [5.41, 5.74) is 2.56. The van der Waals surface area contributed by atoms with Gasteiger partial charge in [-0.05, 0) is 106 Å². The van der Waals surface area contributed by atoms with Crippen LogP contribution in [0.2, 0.25) is 0 Å². The van der Waals surface area contributed by atoms with Gasteiger partial charge in [0.25, 0.3) is 10.0 Å². The van der Waals surface area contributed by atoms with E-state index in [-0.39, 0.29) is 10.8 Å². The predicted molar refractivity (Wildman–Crippen MR) is 190 cm³/mol. The number of sulfonamides is 1. The van der Waals surface area contributed by atoms with Crippen LogP contribution in [0.5, 0.6) is 0 Å². The second-order valence-electron chi connectivity index (χ2n) is 13.2. The molecule has 0 atom stereocenters. The third kappa shape index (κ3) is 10.0. The summed E-state index contributed by atoms with van der Waals surface area (Å²) in [6, 6.07) is 11.7. The van der Waals surface area contributed by atoms with Gasteiger partial charge in [0.2, 0.25) is 23.8 Å². The molecule has 12 heteroatoms. The normalized spacial score (nSPS) is 15.5. The molecule has 47 heavy (non-hydrogen) atoms. The Balaban J connectivity index is 1.21. The fourth-order valence-corrected chi connectivity index (χ4v) is 7.16. The number of aromatic nitrogens is 3. The minimum absolute atomic E-state index is 0.0600. The van der Waals surface area contributed by atoms with Gasteiger partial charge in [-0.25, -0.2) is 8.42 Å². The number of aryl methyl sites for hydroxylation is 1. The quantitative estimate of drug-likeness (QED) is 0.153. The summed E-state index contributed by atoms with van der Waals surface area (Å²) in [7, 11) is -3.84. The van der Waals surface area contributed by atoms with Crippen LogP contribution in [0.25, 0.3) is 0 Å². The molecule has 0 unspecified atom stereocenters. The molecule has 2 aliphatic rings. The first-order valence-corrected chi connectivity index (χ1v) is 18.7. The van der Waals surface area contributed by atoms with Crippen LogP contribution in [0.4, 0.5) is 34.9 Å². The van der Waals surface area contributed by atoms with Gasteiger partial charge in [0, 0.05) is 44.0 Å². The third-order valence-electron chi connectivity index (χ3n) is 8.75. The van der Waals surface area contributed by atoms with Gasteiger partial charge in [-0.3, -0.25) is 9.52 Å². The van der Waals surface area contributed by atoms with Gasteiger partial charge in [0.05, 0.1) is 10.6 Å². The third-order valence-corrected chi connectivity index (χ3v) is 10.1. The van der Waals surface area contributed by atoms with E-state index < -0.39 is 10.0 Å². The van der Waals surface area contributed by atoms with Crippen LogP contribution >= 0.6 is 0 Å². The van der Waals surface area contributed by atoms with Crippen molar-refractivity contribution in [3.8, 4) is 0 Å². The number of benzene rings is 2. The number of piperidine rings is 2. The Morgan fingerprint density at radius 1 is 0.787 bits per heavy atom. The summed E-state index contributed by atoms with van der Waals surface area (Å²) in [5, 5.41) is 6.21. The van der Waals surface area contributed by atoms with Gasteiger partial charge in [-0.15, -0.1) is 0 Å². The Morgan fingerprint density at radius 2 is 1.38 bits per heavy atom. The first kappa shape index (κ1) is 34.4. The minimum atomic E-state index is -3.84. The van der Waals surface area contributed by atoms with Crippen molar-refractivity contribution in [1.29, 1.82) is 0 Å². The van der Waals surface area contributed by atoms with Gasteiger partial charge in [-0.2, -0.15) is 15.0 Å². The summed E-state index contributed by atoms with van der Waals surface area (Å²) in [6.45, 7) is 10.0. The number of nitrogens with one attached hydrogen (secondary N) is 3. The summed E-state index contributed by atoms with van der Waals surface area (Å²) in [6.07, 6.45) is 11.6. The molecule has 0 bridgehead atoms. The maximum absolute atomic E-state index is 13.2. The number of rotatable bonds is 14. The first-order valence-electron chi connectivity index (χ1n) is 17.2. The van der Waals surface area contributed by atoms with Crippen molar-refractivity contribution in [2.75, 3.05) is 51.3 Å². The van der Waals surface area contributed by atoms with Crippen molar-refractivity contribution in [2.45, 2.75) is 96.3 Å². The molecular formula is C35H50N8O3S. The minimum Gasteiger partial charge on any atom is -0.341 e. The van der Waals surface area contributed by atoms with Crippen LogP contribution < -0.4 is 25.2 Å². The highest BCUT2D eigenvalue weighted by Gasteiger charge is 2.21. The van der Waals surface area contributed by atoms with E-state index in [2.05, 4.69) is 39.0 Å². The molecule has 0 spiro atoms. The average Bonchev–Trinajstić information content (AvgIpc) is 3.06. The lowest BCUT2D eigenvalue weighted by molar-refractivity contribution is -0.116. The molecule has 2 saturated heterocycles. The van der Waals surface area contributed by atoms with Crippen molar-refractivity contribution in [1.82, 2.24) is 15.0 Å². The van der Waals surface area contributed by atoms with E-state index in [1.54, 1.807) is 18.2 Å². The smallest absolute Gasteiger partial charge is 0.261 e. The average molecular weight is 663 g/mol. The number of carbonyl (C=O) groups excluding carboxylic acids is 1. The van der Waals surface area contributed by atoms with E-state index >= 15 is 0 Å². The highest BCUT2D eigenvalue weighted by molar-refractivity contribution is 7.92. The molecule has 2 aliphatic heterocycles. The SMILES string of the molecule is Cc1cc(Nc2nc(N3CCCCC3)nc(N3CCCCC3)n2)ccc1NS(=O)(=O)c1ccc(NC(=O)CCCCCC(C)C)cc1. The van der Waals surface area contributed by atoms with Crippen LogP contribution in [-0.2, 0) is 14.8 Å². The van der Waals surface area contributed by atoms with E-state index in [1.807, 2.05) is 19.1 Å². The molecule has 3 aromatic rings. The number of anilines is 6. The largest absolute Gasteiger partial charge is 0.341 e. The fourth-order valence-electron chi connectivity index (χ4n) is 6.02. The molecule has 2 fully saturated rings. The molecule has 0 radical (unpaired) electrons. The molecule has 254 valence electrons. The van der Waals surface area contributed by atoms with Crippen molar-refractivity contribution >= 4 is 50.8 Å². The number of nitrogens with zero attached hydrogens (tertiary/aromatic N) is 5. The van der Waals surface area contributed by atoms with E-state index in [1.165, 1.54) is 31.4 Å². The Kier molecular flexibility index (Phi) is 11.9. The number of hydrogen-bond acceptors (Lipinski definition) is 9. The number of unbranched alkanes of at least 4 members (excludes halogenated alkanes) is 2. The van der Waals surface area contributed by atoms with Gasteiger partial charge in [0.1, 0.15) is 0 Å². The molecule has 0 aliphatic carbocycles. The topological polar surface area (TPSA) is 132 Å². The van der Waals surface area contributed by atoms with E-state index in [9.17, 15) is 13.2 Å². The molecule has 5 rings (SSSR count). The van der Waals surface area contributed by atoms with Crippen molar-refractivity contribution in [2.24, 2.45) is 5.92 Å². The molecule has 0 saturated carbocycles. The molecule has 2 aromatic carbocycles. The van der Waals surface area contributed by atoms with Crippen LogP contribution in [0.3, 0.4) is 0 Å². The lowest BCUT2D eigenvalue weighted by Crippen LogP contribution is -2.34. The predicted octanol–water partition coefficient (Wildman–Crippen LogP) is 7.25. The van der Waals surface area contributed by atoms with Crippen LogP contribution in [0, 0.1) is 12.8 Å².